The number of benzene rings is 2. The summed E-state index contributed by atoms with van der Waals surface area (Å²) in [4.78, 5) is 25.8. The van der Waals surface area contributed by atoms with E-state index in [2.05, 4.69) is 5.16 Å². The zero-order valence-electron chi connectivity index (χ0n) is 15.0. The molecule has 0 spiro atoms. The van der Waals surface area contributed by atoms with Crippen LogP contribution in [0.3, 0.4) is 0 Å². The smallest absolute Gasteiger partial charge is 0.308 e. The van der Waals surface area contributed by atoms with Crippen molar-refractivity contribution in [2.45, 2.75) is 13.0 Å². The van der Waals surface area contributed by atoms with Crippen molar-refractivity contribution in [3.63, 3.8) is 0 Å². The highest BCUT2D eigenvalue weighted by molar-refractivity contribution is 5.98. The minimum Gasteiger partial charge on any atom is -0.482 e. The van der Waals surface area contributed by atoms with Crippen molar-refractivity contribution in [1.29, 1.82) is 0 Å². The second-order valence-corrected chi connectivity index (χ2v) is 6.26. The monoisotopic (exact) mass is 378 g/mol. The SMILES string of the molecule is O=C(CCN1C(=O)COc2ccccc21)OCc1cc(-c2ccccc2)no1. The van der Waals surface area contributed by atoms with Gasteiger partial charge >= 0.3 is 5.97 Å². The Morgan fingerprint density at radius 2 is 1.89 bits per heavy atom. The third kappa shape index (κ3) is 3.88. The molecule has 1 aliphatic heterocycles. The average Bonchev–Trinajstić information content (AvgIpc) is 3.21. The molecular weight excluding hydrogens is 360 g/mol. The van der Waals surface area contributed by atoms with E-state index in [9.17, 15) is 9.59 Å². The number of ether oxygens (including phenoxy) is 2. The predicted molar refractivity (Wildman–Crippen MR) is 101 cm³/mol. The number of rotatable bonds is 6. The predicted octanol–water partition coefficient (Wildman–Crippen LogP) is 3.20. The van der Waals surface area contributed by atoms with Crippen molar-refractivity contribution in [1.82, 2.24) is 5.16 Å². The molecule has 7 heteroatoms. The maximum Gasteiger partial charge on any atom is 0.308 e. The average molecular weight is 378 g/mol. The van der Waals surface area contributed by atoms with E-state index < -0.39 is 5.97 Å². The van der Waals surface area contributed by atoms with Gasteiger partial charge in [0.1, 0.15) is 11.4 Å². The fraction of sp³-hybridized carbons (Fsp3) is 0.190. The molecule has 142 valence electrons. The Hall–Kier alpha value is -3.61. The minimum absolute atomic E-state index is 0.00763. The lowest BCUT2D eigenvalue weighted by atomic mass is 10.1. The van der Waals surface area contributed by atoms with E-state index in [0.717, 1.165) is 5.56 Å². The van der Waals surface area contributed by atoms with Gasteiger partial charge in [0.2, 0.25) is 0 Å². The van der Waals surface area contributed by atoms with Crippen molar-refractivity contribution in [3.05, 3.63) is 66.4 Å². The maximum atomic E-state index is 12.1. The molecule has 0 atom stereocenters. The van der Waals surface area contributed by atoms with E-state index >= 15 is 0 Å². The zero-order chi connectivity index (χ0) is 19.3. The van der Waals surface area contributed by atoms with Crippen molar-refractivity contribution in [2.24, 2.45) is 0 Å². The molecule has 4 rings (SSSR count). The molecular formula is C21H18N2O5. The molecule has 0 saturated carbocycles. The van der Waals surface area contributed by atoms with Gasteiger partial charge < -0.3 is 18.9 Å². The molecule has 1 aliphatic rings. The number of hydrogen-bond acceptors (Lipinski definition) is 6. The standard InChI is InChI=1S/C21H18N2O5/c24-20-14-26-19-9-5-4-8-18(19)23(20)11-10-21(25)27-13-16-12-17(22-28-16)15-6-2-1-3-7-15/h1-9,12H,10-11,13-14H2. The highest BCUT2D eigenvalue weighted by atomic mass is 16.5. The number of nitrogens with zero attached hydrogens (tertiary/aromatic N) is 2. The van der Waals surface area contributed by atoms with Gasteiger partial charge in [-0.15, -0.1) is 0 Å². The van der Waals surface area contributed by atoms with Gasteiger partial charge in [-0.3, -0.25) is 9.59 Å². The van der Waals surface area contributed by atoms with Crippen molar-refractivity contribution < 1.29 is 23.6 Å². The van der Waals surface area contributed by atoms with Crippen LogP contribution in [0, 0.1) is 0 Å². The Labute approximate surface area is 161 Å². The topological polar surface area (TPSA) is 81.9 Å². The van der Waals surface area contributed by atoms with Crippen LogP contribution in [0.15, 0.2) is 65.2 Å². The number of fused-ring (bicyclic) bond motifs is 1. The molecule has 0 aliphatic carbocycles. The second-order valence-electron chi connectivity index (χ2n) is 6.26. The van der Waals surface area contributed by atoms with Gasteiger partial charge in [-0.1, -0.05) is 47.6 Å². The van der Waals surface area contributed by atoms with Crippen molar-refractivity contribution in [2.75, 3.05) is 18.1 Å². The summed E-state index contributed by atoms with van der Waals surface area (Å²) in [5.74, 6) is 0.481. The van der Waals surface area contributed by atoms with E-state index in [0.29, 0.717) is 22.9 Å². The summed E-state index contributed by atoms with van der Waals surface area (Å²) in [6.07, 6.45) is 0.0692. The lowest BCUT2D eigenvalue weighted by molar-refractivity contribution is -0.145. The number of amides is 1. The second kappa shape index (κ2) is 7.96. The molecule has 2 heterocycles. The van der Waals surface area contributed by atoms with E-state index in [1.165, 1.54) is 0 Å². The molecule has 28 heavy (non-hydrogen) atoms. The van der Waals surface area contributed by atoms with E-state index in [1.807, 2.05) is 42.5 Å². The Morgan fingerprint density at radius 1 is 1.11 bits per heavy atom. The van der Waals surface area contributed by atoms with E-state index in [-0.39, 0.29) is 32.1 Å². The lowest BCUT2D eigenvalue weighted by Crippen LogP contribution is -2.40. The normalized spacial score (nSPS) is 13.0. The first kappa shape index (κ1) is 17.8. The van der Waals surface area contributed by atoms with Crippen molar-refractivity contribution >= 4 is 17.6 Å². The summed E-state index contributed by atoms with van der Waals surface area (Å²) >= 11 is 0. The largest absolute Gasteiger partial charge is 0.482 e. The van der Waals surface area contributed by atoms with Crippen LogP contribution in [0.25, 0.3) is 11.3 Å². The maximum absolute atomic E-state index is 12.1. The molecule has 2 aromatic carbocycles. The highest BCUT2D eigenvalue weighted by Gasteiger charge is 2.25. The van der Waals surface area contributed by atoms with Crippen LogP contribution in [0.5, 0.6) is 5.75 Å². The van der Waals surface area contributed by atoms with E-state index in [4.69, 9.17) is 14.0 Å². The molecule has 0 fully saturated rings. The molecule has 0 N–H and O–H groups in total. The Morgan fingerprint density at radius 3 is 2.75 bits per heavy atom. The molecule has 3 aromatic rings. The molecule has 7 nitrogen and oxygen atoms in total. The zero-order valence-corrected chi connectivity index (χ0v) is 15.0. The summed E-state index contributed by atoms with van der Waals surface area (Å²) in [5.41, 5.74) is 2.27. The lowest BCUT2D eigenvalue weighted by Gasteiger charge is -2.28. The fourth-order valence-corrected chi connectivity index (χ4v) is 2.95. The number of esters is 1. The third-order valence-electron chi connectivity index (χ3n) is 4.35. The van der Waals surface area contributed by atoms with Gasteiger partial charge in [0.25, 0.3) is 5.91 Å². The first-order valence-electron chi connectivity index (χ1n) is 8.89. The summed E-state index contributed by atoms with van der Waals surface area (Å²) in [5, 5.41) is 3.99. The van der Waals surface area contributed by atoms with E-state index in [1.54, 1.807) is 23.1 Å². The fourth-order valence-electron chi connectivity index (χ4n) is 2.95. The van der Waals surface area contributed by atoms with Gasteiger partial charge in [-0.05, 0) is 12.1 Å². The summed E-state index contributed by atoms with van der Waals surface area (Å²) in [6.45, 7) is 0.183. The van der Waals surface area contributed by atoms with Crippen molar-refractivity contribution in [3.8, 4) is 17.0 Å². The van der Waals surface area contributed by atoms with Crippen LogP contribution in [-0.4, -0.2) is 30.2 Å². The van der Waals surface area contributed by atoms with Crippen LogP contribution in [0.4, 0.5) is 5.69 Å². The van der Waals surface area contributed by atoms with Crippen LogP contribution in [0.2, 0.25) is 0 Å². The number of anilines is 1. The van der Waals surface area contributed by atoms with Gasteiger partial charge in [0, 0.05) is 18.2 Å². The number of carbonyl (C=O) groups excluding carboxylic acids is 2. The Balaban J connectivity index is 1.31. The number of para-hydroxylation sites is 2. The molecule has 1 amide bonds. The first-order valence-corrected chi connectivity index (χ1v) is 8.89. The molecule has 1 aromatic heterocycles. The number of hydrogen-bond donors (Lipinski definition) is 0. The minimum atomic E-state index is -0.422. The van der Waals surface area contributed by atoms with Crippen LogP contribution < -0.4 is 9.64 Å². The molecule has 0 radical (unpaired) electrons. The van der Waals surface area contributed by atoms with Gasteiger partial charge in [-0.2, -0.15) is 0 Å². The van der Waals surface area contributed by atoms with Crippen LogP contribution in [-0.2, 0) is 20.9 Å². The van der Waals surface area contributed by atoms with Crippen LogP contribution >= 0.6 is 0 Å². The number of aromatic nitrogens is 1. The Kier molecular flexibility index (Phi) is 5.05. The van der Waals surface area contributed by atoms with Gasteiger partial charge in [-0.25, -0.2) is 0 Å². The quantitative estimate of drug-likeness (QED) is 0.613. The molecule has 0 unspecified atom stereocenters. The van der Waals surface area contributed by atoms with Crippen LogP contribution in [0.1, 0.15) is 12.2 Å². The van der Waals surface area contributed by atoms with Gasteiger partial charge in [0.15, 0.2) is 19.0 Å². The summed E-state index contributed by atoms with van der Waals surface area (Å²) in [6, 6.07) is 18.6. The Bertz CT molecular complexity index is 983. The molecule has 0 bridgehead atoms. The van der Waals surface area contributed by atoms with Gasteiger partial charge in [0.05, 0.1) is 12.1 Å². The first-order chi connectivity index (χ1) is 13.7. The molecule has 0 saturated heterocycles. The summed E-state index contributed by atoms with van der Waals surface area (Å²) < 4.78 is 15.9. The number of carbonyl (C=O) groups is 2. The summed E-state index contributed by atoms with van der Waals surface area (Å²) in [7, 11) is 0. The third-order valence-corrected chi connectivity index (χ3v) is 4.35. The highest BCUT2D eigenvalue weighted by Crippen LogP contribution is 2.31.